The SMILES string of the molecule is C#Cc1ccc(N2C3COCC2CN(C(=O)CCCc2cccc4ncccc24)C3)nc1. The van der Waals surface area contributed by atoms with Crippen molar-refractivity contribution >= 4 is 22.6 Å². The minimum absolute atomic E-state index is 0.111. The lowest BCUT2D eigenvalue weighted by Gasteiger charge is -2.50. The molecule has 2 saturated heterocycles. The van der Waals surface area contributed by atoms with E-state index in [-0.39, 0.29) is 18.0 Å². The number of nitrogens with zero attached hydrogens (tertiary/aromatic N) is 4. The molecule has 0 saturated carbocycles. The highest BCUT2D eigenvalue weighted by atomic mass is 16.5. The zero-order valence-corrected chi connectivity index (χ0v) is 18.0. The van der Waals surface area contributed by atoms with E-state index in [1.54, 1.807) is 6.20 Å². The molecule has 0 spiro atoms. The van der Waals surface area contributed by atoms with Gasteiger partial charge in [0.15, 0.2) is 0 Å². The summed E-state index contributed by atoms with van der Waals surface area (Å²) in [4.78, 5) is 26.3. The number of pyridine rings is 2. The van der Waals surface area contributed by atoms with Crippen LogP contribution in [-0.2, 0) is 16.0 Å². The second kappa shape index (κ2) is 8.97. The van der Waals surface area contributed by atoms with E-state index in [1.807, 2.05) is 41.4 Å². The lowest BCUT2D eigenvalue weighted by molar-refractivity contribution is -0.134. The summed E-state index contributed by atoms with van der Waals surface area (Å²) in [5.41, 5.74) is 3.02. The van der Waals surface area contributed by atoms with Crippen LogP contribution >= 0.6 is 0 Å². The van der Waals surface area contributed by atoms with E-state index >= 15 is 0 Å². The van der Waals surface area contributed by atoms with Crippen LogP contribution in [0.1, 0.15) is 24.0 Å². The maximum Gasteiger partial charge on any atom is 0.222 e. The van der Waals surface area contributed by atoms with Crippen LogP contribution < -0.4 is 4.90 Å². The van der Waals surface area contributed by atoms with Crippen LogP contribution in [0.2, 0.25) is 0 Å². The van der Waals surface area contributed by atoms with Crippen molar-refractivity contribution in [3.63, 3.8) is 0 Å². The average molecular weight is 427 g/mol. The van der Waals surface area contributed by atoms with Crippen molar-refractivity contribution in [3.8, 4) is 12.3 Å². The van der Waals surface area contributed by atoms with Gasteiger partial charge in [0.25, 0.3) is 0 Å². The molecule has 0 radical (unpaired) electrons. The summed E-state index contributed by atoms with van der Waals surface area (Å²) in [5.74, 6) is 3.73. The number of anilines is 1. The lowest BCUT2D eigenvalue weighted by atomic mass is 10.0. The molecule has 2 aliphatic heterocycles. The number of terminal acetylenes is 1. The fourth-order valence-corrected chi connectivity index (χ4v) is 4.84. The number of fused-ring (bicyclic) bond motifs is 3. The third kappa shape index (κ3) is 4.04. The molecule has 1 amide bonds. The molecule has 6 heteroatoms. The molecule has 162 valence electrons. The number of aromatic nitrogens is 2. The molecule has 3 aromatic rings. The predicted octanol–water partition coefficient (Wildman–Crippen LogP) is 3.05. The Balaban J connectivity index is 1.21. The van der Waals surface area contributed by atoms with E-state index in [0.717, 1.165) is 29.7 Å². The monoisotopic (exact) mass is 426 g/mol. The summed E-state index contributed by atoms with van der Waals surface area (Å²) in [6.45, 7) is 2.52. The van der Waals surface area contributed by atoms with E-state index in [1.165, 1.54) is 10.9 Å². The van der Waals surface area contributed by atoms with Gasteiger partial charge in [-0.1, -0.05) is 24.1 Å². The topological polar surface area (TPSA) is 58.6 Å². The Morgan fingerprint density at radius 1 is 1.09 bits per heavy atom. The summed E-state index contributed by atoms with van der Waals surface area (Å²) in [7, 11) is 0. The number of amides is 1. The van der Waals surface area contributed by atoms with Crippen molar-refractivity contribution in [1.82, 2.24) is 14.9 Å². The number of carbonyl (C=O) groups excluding carboxylic acids is 1. The van der Waals surface area contributed by atoms with Gasteiger partial charge in [0.05, 0.1) is 30.8 Å². The molecule has 32 heavy (non-hydrogen) atoms. The Bertz CT molecular complexity index is 1140. The molecule has 2 atom stereocenters. The number of benzene rings is 1. The summed E-state index contributed by atoms with van der Waals surface area (Å²) in [6, 6.07) is 14.4. The summed E-state index contributed by atoms with van der Waals surface area (Å²) >= 11 is 0. The number of rotatable bonds is 5. The Kier molecular flexibility index (Phi) is 5.74. The maximum atomic E-state index is 13.0. The van der Waals surface area contributed by atoms with Crippen LogP contribution in [0.4, 0.5) is 5.82 Å². The molecule has 0 N–H and O–H groups in total. The molecular formula is C26H26N4O2. The molecule has 2 aliphatic rings. The minimum atomic E-state index is 0.111. The van der Waals surface area contributed by atoms with Crippen LogP contribution in [0.5, 0.6) is 0 Å². The molecule has 4 heterocycles. The summed E-state index contributed by atoms with van der Waals surface area (Å²) < 4.78 is 5.80. The molecule has 0 aliphatic carbocycles. The van der Waals surface area contributed by atoms with Gasteiger partial charge in [-0.05, 0) is 42.7 Å². The normalized spacial score (nSPS) is 20.2. The number of ether oxygens (including phenoxy) is 1. The van der Waals surface area contributed by atoms with Gasteiger partial charge in [0.1, 0.15) is 5.82 Å². The fourth-order valence-electron chi connectivity index (χ4n) is 4.84. The van der Waals surface area contributed by atoms with Crippen LogP contribution in [0.15, 0.2) is 54.9 Å². The van der Waals surface area contributed by atoms with Gasteiger partial charge in [-0.3, -0.25) is 9.78 Å². The Labute approximate surface area is 188 Å². The van der Waals surface area contributed by atoms with Crippen molar-refractivity contribution in [1.29, 1.82) is 0 Å². The van der Waals surface area contributed by atoms with Crippen LogP contribution in [-0.4, -0.2) is 59.2 Å². The largest absolute Gasteiger partial charge is 0.377 e. The Morgan fingerprint density at radius 3 is 2.69 bits per heavy atom. The first-order valence-corrected chi connectivity index (χ1v) is 11.1. The zero-order valence-electron chi connectivity index (χ0n) is 18.0. The highest BCUT2D eigenvalue weighted by molar-refractivity contribution is 5.82. The minimum Gasteiger partial charge on any atom is -0.377 e. The number of carbonyl (C=O) groups is 1. The van der Waals surface area contributed by atoms with E-state index in [0.29, 0.717) is 32.7 Å². The molecule has 6 nitrogen and oxygen atoms in total. The number of piperazine rings is 1. The molecule has 2 aromatic heterocycles. The number of hydrogen-bond donors (Lipinski definition) is 0. The molecule has 5 rings (SSSR count). The van der Waals surface area contributed by atoms with Gasteiger partial charge >= 0.3 is 0 Å². The highest BCUT2D eigenvalue weighted by Crippen LogP contribution is 2.27. The van der Waals surface area contributed by atoms with Crippen LogP contribution in [0.25, 0.3) is 10.9 Å². The average Bonchev–Trinajstić information content (AvgIpc) is 2.83. The van der Waals surface area contributed by atoms with E-state index in [4.69, 9.17) is 11.2 Å². The summed E-state index contributed by atoms with van der Waals surface area (Å²) in [5, 5.41) is 1.17. The second-order valence-electron chi connectivity index (χ2n) is 8.44. The van der Waals surface area contributed by atoms with Gasteiger partial charge in [-0.15, -0.1) is 6.42 Å². The van der Waals surface area contributed by atoms with Crippen molar-refractivity contribution < 1.29 is 9.53 Å². The molecule has 2 bridgehead atoms. The van der Waals surface area contributed by atoms with Gasteiger partial charge in [0.2, 0.25) is 5.91 Å². The molecule has 1 aromatic carbocycles. The molecule has 2 unspecified atom stereocenters. The van der Waals surface area contributed by atoms with Crippen molar-refractivity contribution in [3.05, 3.63) is 66.0 Å². The number of hydrogen-bond acceptors (Lipinski definition) is 5. The van der Waals surface area contributed by atoms with Crippen LogP contribution in [0, 0.1) is 12.3 Å². The second-order valence-corrected chi connectivity index (χ2v) is 8.44. The van der Waals surface area contributed by atoms with Gasteiger partial charge in [-0.2, -0.15) is 0 Å². The van der Waals surface area contributed by atoms with Crippen molar-refractivity contribution in [2.45, 2.75) is 31.3 Å². The molecular weight excluding hydrogens is 400 g/mol. The van der Waals surface area contributed by atoms with E-state index < -0.39 is 0 Å². The fraction of sp³-hybridized carbons (Fsp3) is 0.346. The van der Waals surface area contributed by atoms with Gasteiger partial charge < -0.3 is 14.5 Å². The Morgan fingerprint density at radius 2 is 1.94 bits per heavy atom. The van der Waals surface area contributed by atoms with Crippen molar-refractivity contribution in [2.75, 3.05) is 31.2 Å². The summed E-state index contributed by atoms with van der Waals surface area (Å²) in [6.07, 6.45) is 11.2. The number of morpholine rings is 1. The maximum absolute atomic E-state index is 13.0. The quantitative estimate of drug-likeness (QED) is 0.587. The van der Waals surface area contributed by atoms with E-state index in [9.17, 15) is 4.79 Å². The van der Waals surface area contributed by atoms with Crippen molar-refractivity contribution in [2.24, 2.45) is 0 Å². The third-order valence-electron chi connectivity index (χ3n) is 6.37. The first-order chi connectivity index (χ1) is 15.7. The van der Waals surface area contributed by atoms with E-state index in [2.05, 4.69) is 32.9 Å². The predicted molar refractivity (Wildman–Crippen MR) is 124 cm³/mol. The zero-order chi connectivity index (χ0) is 21.9. The van der Waals surface area contributed by atoms with Gasteiger partial charge in [0, 0.05) is 42.9 Å². The Hall–Kier alpha value is -3.43. The lowest BCUT2D eigenvalue weighted by Crippen LogP contribution is -2.66. The smallest absolute Gasteiger partial charge is 0.222 e. The first kappa shape index (κ1) is 20.5. The standard InChI is InChI=1S/C26H26N4O2/c1-2-19-11-12-25(28-14-19)30-21-15-29(16-22(30)18-32-17-21)26(31)10-4-7-20-6-3-9-24-23(20)8-5-13-27-24/h1,3,5-6,8-9,11-14,21-22H,4,7,10,15-18H2. The first-order valence-electron chi connectivity index (χ1n) is 11.1. The highest BCUT2D eigenvalue weighted by Gasteiger charge is 2.40. The molecule has 2 fully saturated rings. The van der Waals surface area contributed by atoms with Gasteiger partial charge in [-0.25, -0.2) is 4.98 Å². The third-order valence-corrected chi connectivity index (χ3v) is 6.37. The van der Waals surface area contributed by atoms with Crippen LogP contribution in [0.3, 0.4) is 0 Å². The number of aryl methyl sites for hydroxylation is 1.